The zero-order chi connectivity index (χ0) is 17.5. The molecule has 0 spiro atoms. The van der Waals surface area contributed by atoms with Crippen molar-refractivity contribution in [2.75, 3.05) is 12.8 Å². The first-order valence-electron chi connectivity index (χ1n) is 8.27. The molecular formula is C17H23BrN4O2. The number of anilines is 1. The molecule has 2 unspecified atom stereocenters. The lowest BCUT2D eigenvalue weighted by Crippen LogP contribution is -2.41. The summed E-state index contributed by atoms with van der Waals surface area (Å²) in [6.45, 7) is 4.20. The van der Waals surface area contributed by atoms with Gasteiger partial charge >= 0.3 is 5.97 Å². The summed E-state index contributed by atoms with van der Waals surface area (Å²) in [5.74, 6) is 1.67. The van der Waals surface area contributed by atoms with E-state index in [1.54, 1.807) is 6.20 Å². The summed E-state index contributed by atoms with van der Waals surface area (Å²) >= 11 is 3.49. The van der Waals surface area contributed by atoms with Crippen LogP contribution in [0.15, 0.2) is 17.0 Å². The Balaban J connectivity index is 2.04. The Kier molecular flexibility index (Phi) is 4.55. The number of hydrogen-bond acceptors (Lipinski definition) is 5. The lowest BCUT2D eigenvalue weighted by atomic mass is 9.63. The second-order valence-electron chi connectivity index (χ2n) is 6.89. The molecule has 0 saturated heterocycles. The van der Waals surface area contributed by atoms with Gasteiger partial charge in [-0.3, -0.25) is 9.20 Å². The van der Waals surface area contributed by atoms with Crippen LogP contribution in [0.4, 0.5) is 5.82 Å². The van der Waals surface area contributed by atoms with Crippen LogP contribution in [0.25, 0.3) is 5.52 Å². The first-order valence-corrected chi connectivity index (χ1v) is 9.06. The molecule has 2 heterocycles. The van der Waals surface area contributed by atoms with E-state index in [2.05, 4.69) is 34.8 Å². The lowest BCUT2D eigenvalue weighted by molar-refractivity contribution is -0.159. The SMILES string of the molecule is COC(=O)C1(C(C)C)CCCC(c2nc(Br)c3c(N)nccn23)C1. The van der Waals surface area contributed by atoms with E-state index in [0.717, 1.165) is 37.0 Å². The average Bonchev–Trinajstić information content (AvgIpc) is 2.92. The van der Waals surface area contributed by atoms with Gasteiger partial charge in [-0.25, -0.2) is 9.97 Å². The van der Waals surface area contributed by atoms with Gasteiger partial charge in [-0.2, -0.15) is 0 Å². The van der Waals surface area contributed by atoms with E-state index in [4.69, 9.17) is 15.5 Å². The summed E-state index contributed by atoms with van der Waals surface area (Å²) in [6.07, 6.45) is 7.14. The number of aromatic nitrogens is 3. The quantitative estimate of drug-likeness (QED) is 0.804. The first-order chi connectivity index (χ1) is 11.4. The summed E-state index contributed by atoms with van der Waals surface area (Å²) < 4.78 is 7.83. The van der Waals surface area contributed by atoms with E-state index < -0.39 is 5.41 Å². The van der Waals surface area contributed by atoms with Crippen molar-refractivity contribution in [2.45, 2.75) is 45.4 Å². The maximum Gasteiger partial charge on any atom is 0.312 e. The van der Waals surface area contributed by atoms with Crippen LogP contribution in [0, 0.1) is 11.3 Å². The van der Waals surface area contributed by atoms with Gasteiger partial charge in [0.05, 0.1) is 12.5 Å². The van der Waals surface area contributed by atoms with Crippen molar-refractivity contribution >= 4 is 33.2 Å². The minimum atomic E-state index is -0.450. The summed E-state index contributed by atoms with van der Waals surface area (Å²) in [5, 5.41) is 0. The number of fused-ring (bicyclic) bond motifs is 1. The van der Waals surface area contributed by atoms with Crippen LogP contribution < -0.4 is 5.73 Å². The molecule has 0 bridgehead atoms. The number of methoxy groups -OCH3 is 1. The van der Waals surface area contributed by atoms with Gasteiger partial charge in [0.15, 0.2) is 5.82 Å². The molecule has 0 amide bonds. The van der Waals surface area contributed by atoms with Crippen molar-refractivity contribution in [1.29, 1.82) is 0 Å². The van der Waals surface area contributed by atoms with E-state index in [0.29, 0.717) is 10.4 Å². The second kappa shape index (κ2) is 6.35. The number of nitrogen functional groups attached to an aromatic ring is 1. The summed E-state index contributed by atoms with van der Waals surface area (Å²) in [5.41, 5.74) is 6.33. The van der Waals surface area contributed by atoms with E-state index in [9.17, 15) is 4.79 Å². The largest absolute Gasteiger partial charge is 0.469 e. The fourth-order valence-electron chi connectivity index (χ4n) is 4.01. The standard InChI is InChI=1S/C17H23BrN4O2/c1-10(2)17(16(23)24-3)6-4-5-11(9-17)15-21-13(18)12-14(19)20-7-8-22(12)15/h7-8,10-11H,4-6,9H2,1-3H3,(H2,19,20). The van der Waals surface area contributed by atoms with Gasteiger partial charge in [0.25, 0.3) is 0 Å². The highest BCUT2D eigenvalue weighted by Gasteiger charge is 2.47. The normalized spacial score (nSPS) is 24.5. The first kappa shape index (κ1) is 17.2. The maximum atomic E-state index is 12.5. The summed E-state index contributed by atoms with van der Waals surface area (Å²) in [4.78, 5) is 21.4. The Morgan fingerprint density at radius 1 is 1.54 bits per heavy atom. The minimum absolute atomic E-state index is 0.108. The molecule has 0 aliphatic heterocycles. The number of esters is 1. The molecule has 1 aliphatic carbocycles. The van der Waals surface area contributed by atoms with Gasteiger partial charge < -0.3 is 10.5 Å². The van der Waals surface area contributed by atoms with Crippen LogP contribution in [0.3, 0.4) is 0 Å². The summed E-state index contributed by atoms with van der Waals surface area (Å²) in [7, 11) is 1.48. The Morgan fingerprint density at radius 3 is 2.96 bits per heavy atom. The Hall–Kier alpha value is -1.63. The average molecular weight is 395 g/mol. The van der Waals surface area contributed by atoms with Gasteiger partial charge in [-0.05, 0) is 41.1 Å². The number of rotatable bonds is 3. The second-order valence-corrected chi connectivity index (χ2v) is 7.64. The highest BCUT2D eigenvalue weighted by atomic mass is 79.9. The number of ether oxygens (including phenoxy) is 1. The monoisotopic (exact) mass is 394 g/mol. The molecule has 1 saturated carbocycles. The minimum Gasteiger partial charge on any atom is -0.469 e. The zero-order valence-corrected chi connectivity index (χ0v) is 15.8. The fourth-order valence-corrected chi connectivity index (χ4v) is 4.58. The molecule has 2 atom stereocenters. The Labute approximate surface area is 149 Å². The molecule has 0 radical (unpaired) electrons. The van der Waals surface area contributed by atoms with Crippen LogP contribution in [-0.4, -0.2) is 27.4 Å². The predicted molar refractivity (Wildman–Crippen MR) is 95.6 cm³/mol. The molecule has 3 rings (SSSR count). The molecule has 130 valence electrons. The predicted octanol–water partition coefficient (Wildman–Crippen LogP) is 3.55. The van der Waals surface area contributed by atoms with Crippen molar-refractivity contribution < 1.29 is 9.53 Å². The number of nitrogens with zero attached hydrogens (tertiary/aromatic N) is 3. The Morgan fingerprint density at radius 2 is 2.29 bits per heavy atom. The number of carbonyl (C=O) groups is 1. The van der Waals surface area contributed by atoms with Crippen molar-refractivity contribution in [1.82, 2.24) is 14.4 Å². The van der Waals surface area contributed by atoms with Gasteiger partial charge in [-0.15, -0.1) is 0 Å². The van der Waals surface area contributed by atoms with Crippen LogP contribution in [0.2, 0.25) is 0 Å². The molecule has 6 nitrogen and oxygen atoms in total. The molecule has 2 N–H and O–H groups in total. The van der Waals surface area contributed by atoms with Crippen LogP contribution in [0.5, 0.6) is 0 Å². The highest BCUT2D eigenvalue weighted by Crippen LogP contribution is 2.49. The third kappa shape index (κ3) is 2.59. The number of carbonyl (C=O) groups excluding carboxylic acids is 1. The molecular weight excluding hydrogens is 372 g/mol. The molecule has 1 fully saturated rings. The number of halogens is 1. The Bertz CT molecular complexity index is 773. The molecule has 2 aromatic heterocycles. The number of imidazole rings is 1. The van der Waals surface area contributed by atoms with Crippen molar-refractivity contribution in [2.24, 2.45) is 11.3 Å². The highest BCUT2D eigenvalue weighted by molar-refractivity contribution is 9.10. The zero-order valence-electron chi connectivity index (χ0n) is 14.3. The number of nitrogens with two attached hydrogens (primary N) is 1. The third-order valence-electron chi connectivity index (χ3n) is 5.42. The topological polar surface area (TPSA) is 82.5 Å². The van der Waals surface area contributed by atoms with Crippen LogP contribution in [0.1, 0.15) is 51.3 Å². The van der Waals surface area contributed by atoms with Crippen LogP contribution >= 0.6 is 15.9 Å². The molecule has 2 aromatic rings. The maximum absolute atomic E-state index is 12.5. The molecule has 1 aliphatic rings. The lowest BCUT2D eigenvalue weighted by Gasteiger charge is -2.41. The third-order valence-corrected chi connectivity index (χ3v) is 5.97. The van der Waals surface area contributed by atoms with E-state index >= 15 is 0 Å². The molecule has 7 heteroatoms. The van der Waals surface area contributed by atoms with Gasteiger partial charge in [0.2, 0.25) is 0 Å². The van der Waals surface area contributed by atoms with Crippen molar-refractivity contribution in [3.63, 3.8) is 0 Å². The molecule has 0 aromatic carbocycles. The van der Waals surface area contributed by atoms with Gasteiger partial charge in [-0.1, -0.05) is 20.3 Å². The van der Waals surface area contributed by atoms with E-state index in [1.165, 1.54) is 7.11 Å². The van der Waals surface area contributed by atoms with E-state index in [1.807, 2.05) is 10.6 Å². The van der Waals surface area contributed by atoms with Gasteiger partial charge in [0, 0.05) is 18.3 Å². The smallest absolute Gasteiger partial charge is 0.312 e. The van der Waals surface area contributed by atoms with E-state index in [-0.39, 0.29) is 17.8 Å². The van der Waals surface area contributed by atoms with Crippen LogP contribution in [-0.2, 0) is 9.53 Å². The number of hydrogen-bond donors (Lipinski definition) is 1. The van der Waals surface area contributed by atoms with Crippen molar-refractivity contribution in [3.8, 4) is 0 Å². The summed E-state index contributed by atoms with van der Waals surface area (Å²) in [6, 6.07) is 0. The van der Waals surface area contributed by atoms with Crippen molar-refractivity contribution in [3.05, 3.63) is 22.8 Å². The van der Waals surface area contributed by atoms with Gasteiger partial charge in [0.1, 0.15) is 15.9 Å². The fraction of sp³-hybridized carbons (Fsp3) is 0.588. The molecule has 24 heavy (non-hydrogen) atoms.